The highest BCUT2D eigenvalue weighted by Gasteiger charge is 2.46. The minimum Gasteiger partial charge on any atom is -0.461 e. The van der Waals surface area contributed by atoms with Crippen molar-refractivity contribution in [1.82, 2.24) is 0 Å². The fraction of sp³-hybridized carbons (Fsp3) is 0.171. The Labute approximate surface area is 286 Å². The van der Waals surface area contributed by atoms with E-state index in [1.165, 1.54) is 0 Å². The number of carbonyl (C=O) groups excluding carboxylic acids is 3. The maximum Gasteiger partial charge on any atom is 0.333 e. The number of hydrogen-bond donors (Lipinski definition) is 0. The second-order valence-electron chi connectivity index (χ2n) is 12.1. The minimum atomic E-state index is -1.06. The Hall–Kier alpha value is -6.20. The topological polar surface area (TPSA) is 86.5 Å². The molecule has 0 N–H and O–H groups in total. The van der Waals surface area contributed by atoms with E-state index in [9.17, 15) is 14.4 Å². The van der Waals surface area contributed by atoms with Gasteiger partial charge in [0.25, 0.3) is 0 Å². The fourth-order valence-corrected chi connectivity index (χ4v) is 5.72. The van der Waals surface area contributed by atoms with E-state index in [1.54, 1.807) is 32.9 Å². The van der Waals surface area contributed by atoms with Crippen LogP contribution in [0, 0.1) is 6.57 Å². The predicted octanol–water partition coefficient (Wildman–Crippen LogP) is 8.83. The molecule has 0 fully saturated rings. The molecule has 1 aliphatic rings. The first-order chi connectivity index (χ1) is 23.4. The lowest BCUT2D eigenvalue weighted by atomic mass is 9.79. The average Bonchev–Trinajstić information content (AvgIpc) is 3.38. The Morgan fingerprint density at radius 3 is 1.82 bits per heavy atom. The van der Waals surface area contributed by atoms with Crippen molar-refractivity contribution < 1.29 is 28.6 Å². The molecule has 0 unspecified atom stereocenters. The SMILES string of the molecule is [C-]#[N+]c1cccc(N(c2ccc(COC(=O)C(=C)C)cc2)c2ccc3c(c2)C(COC(=O)C(=C)C)(COC(=O)C(=C)C)c2ccccc2-3)c1. The molecule has 1 aliphatic carbocycles. The van der Waals surface area contributed by atoms with Crippen LogP contribution >= 0.6 is 0 Å². The van der Waals surface area contributed by atoms with Crippen LogP contribution < -0.4 is 4.90 Å². The first kappa shape index (κ1) is 34.1. The molecule has 0 bridgehead atoms. The maximum atomic E-state index is 12.8. The lowest BCUT2D eigenvalue weighted by Gasteiger charge is -2.32. The molecule has 0 amide bonds. The average molecular weight is 653 g/mol. The molecule has 4 aromatic carbocycles. The van der Waals surface area contributed by atoms with E-state index in [0.29, 0.717) is 11.3 Å². The third kappa shape index (κ3) is 7.07. The number of hydrogen-bond acceptors (Lipinski definition) is 7. The van der Waals surface area contributed by atoms with Crippen molar-refractivity contribution in [1.29, 1.82) is 0 Å². The molecular formula is C41H36N2O6. The van der Waals surface area contributed by atoms with Crippen molar-refractivity contribution >= 4 is 40.7 Å². The highest BCUT2D eigenvalue weighted by Crippen LogP contribution is 2.51. The zero-order chi connectivity index (χ0) is 35.3. The van der Waals surface area contributed by atoms with E-state index in [4.69, 9.17) is 20.8 Å². The van der Waals surface area contributed by atoms with Crippen LogP contribution in [0.5, 0.6) is 0 Å². The number of anilines is 3. The molecule has 0 heterocycles. The Morgan fingerprint density at radius 2 is 1.20 bits per heavy atom. The number of esters is 3. The van der Waals surface area contributed by atoms with Gasteiger partial charge in [-0.1, -0.05) is 74.3 Å². The molecule has 0 saturated heterocycles. The van der Waals surface area contributed by atoms with E-state index in [0.717, 1.165) is 44.9 Å². The molecule has 0 radical (unpaired) electrons. The maximum absolute atomic E-state index is 12.8. The van der Waals surface area contributed by atoms with E-state index >= 15 is 0 Å². The predicted molar refractivity (Wildman–Crippen MR) is 190 cm³/mol. The summed E-state index contributed by atoms with van der Waals surface area (Å²) in [5, 5.41) is 0. The number of rotatable bonds is 12. The number of nitrogens with zero attached hydrogens (tertiary/aromatic N) is 2. The van der Waals surface area contributed by atoms with Crippen LogP contribution in [-0.4, -0.2) is 31.1 Å². The summed E-state index contributed by atoms with van der Waals surface area (Å²) in [6.45, 7) is 23.4. The van der Waals surface area contributed by atoms with Crippen molar-refractivity contribution in [2.45, 2.75) is 32.8 Å². The number of fused-ring (bicyclic) bond motifs is 3. The number of carbonyl (C=O) groups is 3. The summed E-state index contributed by atoms with van der Waals surface area (Å²) < 4.78 is 17.0. The van der Waals surface area contributed by atoms with Crippen LogP contribution in [0.25, 0.3) is 16.0 Å². The van der Waals surface area contributed by atoms with Crippen LogP contribution in [0.15, 0.2) is 127 Å². The lowest BCUT2D eigenvalue weighted by molar-refractivity contribution is -0.144. The van der Waals surface area contributed by atoms with Gasteiger partial charge in [0.15, 0.2) is 5.69 Å². The second-order valence-corrected chi connectivity index (χ2v) is 12.1. The van der Waals surface area contributed by atoms with Gasteiger partial charge in [-0.2, -0.15) is 0 Å². The summed E-state index contributed by atoms with van der Waals surface area (Å²) in [4.78, 5) is 43.1. The van der Waals surface area contributed by atoms with Crippen molar-refractivity contribution in [3.05, 3.63) is 156 Å². The van der Waals surface area contributed by atoms with Gasteiger partial charge in [0.2, 0.25) is 0 Å². The molecule has 246 valence electrons. The molecule has 0 aliphatic heterocycles. The van der Waals surface area contributed by atoms with Crippen LogP contribution in [0.2, 0.25) is 0 Å². The number of benzene rings is 4. The largest absolute Gasteiger partial charge is 0.461 e. The minimum absolute atomic E-state index is 0.0879. The zero-order valence-electron chi connectivity index (χ0n) is 27.7. The Bertz CT molecular complexity index is 2010. The summed E-state index contributed by atoms with van der Waals surface area (Å²) in [5.41, 5.74) is 6.75. The van der Waals surface area contributed by atoms with Crippen LogP contribution in [0.1, 0.15) is 37.5 Å². The molecule has 0 saturated carbocycles. The van der Waals surface area contributed by atoms with E-state index < -0.39 is 23.3 Å². The first-order valence-electron chi connectivity index (χ1n) is 15.5. The Morgan fingerprint density at radius 1 is 0.653 bits per heavy atom. The lowest BCUT2D eigenvalue weighted by Crippen LogP contribution is -2.38. The smallest absolute Gasteiger partial charge is 0.333 e. The van der Waals surface area contributed by atoms with Crippen LogP contribution in [-0.2, 0) is 40.6 Å². The zero-order valence-corrected chi connectivity index (χ0v) is 27.7. The second kappa shape index (κ2) is 14.3. The summed E-state index contributed by atoms with van der Waals surface area (Å²) in [7, 11) is 0. The normalized spacial score (nSPS) is 12.0. The Kier molecular flexibility index (Phi) is 9.95. The monoisotopic (exact) mass is 652 g/mol. The van der Waals surface area contributed by atoms with E-state index in [1.807, 2.05) is 83.8 Å². The van der Waals surface area contributed by atoms with Crippen molar-refractivity contribution in [3.63, 3.8) is 0 Å². The summed E-state index contributed by atoms with van der Waals surface area (Å²) in [6, 6.07) is 28.6. The third-order valence-electron chi connectivity index (χ3n) is 8.24. The fourth-order valence-electron chi connectivity index (χ4n) is 5.72. The van der Waals surface area contributed by atoms with E-state index in [2.05, 4.69) is 24.6 Å². The first-order valence-corrected chi connectivity index (χ1v) is 15.5. The molecule has 49 heavy (non-hydrogen) atoms. The highest BCUT2D eigenvalue weighted by molar-refractivity contribution is 5.90. The summed E-state index contributed by atoms with van der Waals surface area (Å²) in [6.07, 6.45) is 0. The van der Waals surface area contributed by atoms with Gasteiger partial charge in [-0.05, 0) is 85.0 Å². The Balaban J connectivity index is 1.66. The summed E-state index contributed by atoms with van der Waals surface area (Å²) >= 11 is 0. The van der Waals surface area contributed by atoms with Gasteiger partial charge in [-0.15, -0.1) is 0 Å². The molecule has 0 aromatic heterocycles. The highest BCUT2D eigenvalue weighted by atomic mass is 16.5. The van der Waals surface area contributed by atoms with Gasteiger partial charge in [0.05, 0.1) is 12.0 Å². The molecular weight excluding hydrogens is 616 g/mol. The van der Waals surface area contributed by atoms with Crippen LogP contribution in [0.3, 0.4) is 0 Å². The molecule has 4 aromatic rings. The molecule has 0 atom stereocenters. The van der Waals surface area contributed by atoms with Gasteiger partial charge in [-0.3, -0.25) is 0 Å². The quantitative estimate of drug-likeness (QED) is 0.0654. The van der Waals surface area contributed by atoms with Crippen molar-refractivity contribution in [2.75, 3.05) is 18.1 Å². The van der Waals surface area contributed by atoms with Gasteiger partial charge in [-0.25, -0.2) is 19.2 Å². The van der Waals surface area contributed by atoms with Crippen molar-refractivity contribution in [3.8, 4) is 11.1 Å². The summed E-state index contributed by atoms with van der Waals surface area (Å²) in [5.74, 6) is -1.58. The standard InChI is InChI=1S/C41H36N2O6/c1-26(2)38(44)47-23-29-15-17-31(18-16-29)43(32-12-10-11-30(21-32)42-7)33-19-20-35-34-13-8-9-14-36(34)41(37(35)22-33,24-48-39(45)27(3)4)25-49-40(46)28(5)6/h8-22H,1,3,5,23-25H2,2,4,6H3. The van der Waals surface area contributed by atoms with E-state index in [-0.39, 0.29) is 31.0 Å². The third-order valence-corrected chi connectivity index (χ3v) is 8.24. The van der Waals surface area contributed by atoms with Gasteiger partial charge >= 0.3 is 17.9 Å². The van der Waals surface area contributed by atoms with Gasteiger partial charge in [0.1, 0.15) is 19.8 Å². The molecule has 8 heteroatoms. The van der Waals surface area contributed by atoms with Crippen LogP contribution in [0.4, 0.5) is 22.7 Å². The van der Waals surface area contributed by atoms with Crippen molar-refractivity contribution in [2.24, 2.45) is 0 Å². The molecule has 5 rings (SSSR count). The molecule has 8 nitrogen and oxygen atoms in total. The van der Waals surface area contributed by atoms with Gasteiger partial charge in [0, 0.05) is 33.8 Å². The molecule has 0 spiro atoms. The van der Waals surface area contributed by atoms with Gasteiger partial charge < -0.3 is 19.1 Å². The number of ether oxygens (including phenoxy) is 3.